The predicted octanol–water partition coefficient (Wildman–Crippen LogP) is 1.35. The van der Waals surface area contributed by atoms with Gasteiger partial charge in [-0.15, -0.1) is 0 Å². The topological polar surface area (TPSA) is 30.9 Å². The molecule has 86 valence electrons. The van der Waals surface area contributed by atoms with Gasteiger partial charge in [-0.1, -0.05) is 12.2 Å². The Morgan fingerprint density at radius 2 is 2.20 bits per heavy atom. The van der Waals surface area contributed by atoms with Crippen molar-refractivity contribution >= 4 is 0 Å². The van der Waals surface area contributed by atoms with Gasteiger partial charge in [-0.05, 0) is 13.0 Å². The largest absolute Gasteiger partial charge is 0.482 e. The van der Waals surface area contributed by atoms with Crippen molar-refractivity contribution in [3.8, 4) is 0 Å². The smallest absolute Gasteiger partial charge is 0.189 e. The number of rotatable bonds is 6. The summed E-state index contributed by atoms with van der Waals surface area (Å²) in [5, 5.41) is 0. The average Bonchev–Trinajstić information content (AvgIpc) is 2.29. The Kier molecular flexibility index (Phi) is 5.21. The molecule has 1 unspecified atom stereocenters. The average molecular weight is 213 g/mol. The van der Waals surface area contributed by atoms with Crippen LogP contribution in [0, 0.1) is 0 Å². The van der Waals surface area contributed by atoms with Gasteiger partial charge >= 0.3 is 0 Å². The van der Waals surface area contributed by atoms with E-state index in [1.54, 1.807) is 14.2 Å². The van der Waals surface area contributed by atoms with Crippen LogP contribution in [0.1, 0.15) is 6.92 Å². The molecule has 0 amide bonds. The van der Waals surface area contributed by atoms with Gasteiger partial charge in [-0.2, -0.15) is 0 Å². The minimum Gasteiger partial charge on any atom is -0.482 e. The third-order valence-corrected chi connectivity index (χ3v) is 2.30. The van der Waals surface area contributed by atoms with Crippen LogP contribution in [0.5, 0.6) is 0 Å². The van der Waals surface area contributed by atoms with Crippen molar-refractivity contribution in [2.75, 3.05) is 34.2 Å². The summed E-state index contributed by atoms with van der Waals surface area (Å²) in [7, 11) is 3.30. The Morgan fingerprint density at radius 1 is 1.40 bits per heavy atom. The summed E-state index contributed by atoms with van der Waals surface area (Å²) < 4.78 is 15.5. The highest BCUT2D eigenvalue weighted by molar-refractivity contribution is 5.17. The summed E-state index contributed by atoms with van der Waals surface area (Å²) in [6.07, 6.45) is 6.05. The molecule has 1 heterocycles. The molecule has 0 spiro atoms. The van der Waals surface area contributed by atoms with Crippen molar-refractivity contribution in [2.24, 2.45) is 0 Å². The van der Waals surface area contributed by atoms with Crippen LogP contribution in [0.4, 0.5) is 0 Å². The van der Waals surface area contributed by atoms with Crippen LogP contribution < -0.4 is 0 Å². The van der Waals surface area contributed by atoms with Crippen LogP contribution in [0.15, 0.2) is 24.1 Å². The molecule has 0 fully saturated rings. The first kappa shape index (κ1) is 12.1. The standard InChI is InChI=1S/C11H19NO3/c1-4-12-10(8-15-9-13-2)6-5-7-11(12)14-3/h5-7,10H,4,8-9H2,1-3H3. The lowest BCUT2D eigenvalue weighted by Gasteiger charge is -2.33. The Labute approximate surface area is 91.1 Å². The SMILES string of the molecule is CCN1C(OC)=CC=CC1COCOC. The van der Waals surface area contributed by atoms with E-state index in [2.05, 4.69) is 17.9 Å². The van der Waals surface area contributed by atoms with E-state index in [0.717, 1.165) is 12.4 Å². The van der Waals surface area contributed by atoms with E-state index in [-0.39, 0.29) is 6.04 Å². The Bertz CT molecular complexity index is 238. The van der Waals surface area contributed by atoms with Gasteiger partial charge in [0.05, 0.1) is 19.8 Å². The maximum Gasteiger partial charge on any atom is 0.189 e. The molecule has 1 rings (SSSR count). The number of hydrogen-bond donors (Lipinski definition) is 0. The van der Waals surface area contributed by atoms with E-state index < -0.39 is 0 Å². The molecule has 1 atom stereocenters. The number of nitrogens with zero attached hydrogens (tertiary/aromatic N) is 1. The van der Waals surface area contributed by atoms with Gasteiger partial charge in [0.1, 0.15) is 6.79 Å². The fourth-order valence-electron chi connectivity index (χ4n) is 1.60. The van der Waals surface area contributed by atoms with E-state index >= 15 is 0 Å². The fourth-order valence-corrected chi connectivity index (χ4v) is 1.60. The van der Waals surface area contributed by atoms with E-state index in [9.17, 15) is 0 Å². The van der Waals surface area contributed by atoms with Crippen molar-refractivity contribution in [3.63, 3.8) is 0 Å². The van der Waals surface area contributed by atoms with Gasteiger partial charge in [-0.25, -0.2) is 0 Å². The lowest BCUT2D eigenvalue weighted by atomic mass is 10.2. The van der Waals surface area contributed by atoms with E-state index in [0.29, 0.717) is 13.4 Å². The van der Waals surface area contributed by atoms with Gasteiger partial charge in [-0.3, -0.25) is 0 Å². The van der Waals surface area contributed by atoms with Crippen LogP contribution in [0.2, 0.25) is 0 Å². The minimum absolute atomic E-state index is 0.227. The summed E-state index contributed by atoms with van der Waals surface area (Å²) >= 11 is 0. The Balaban J connectivity index is 2.50. The maximum absolute atomic E-state index is 5.35. The molecule has 0 aromatic rings. The second-order valence-electron chi connectivity index (χ2n) is 3.22. The minimum atomic E-state index is 0.227. The molecule has 0 radical (unpaired) electrons. The quantitative estimate of drug-likeness (QED) is 0.492. The Morgan fingerprint density at radius 3 is 2.80 bits per heavy atom. The first-order valence-corrected chi connectivity index (χ1v) is 5.09. The zero-order valence-corrected chi connectivity index (χ0v) is 9.60. The summed E-state index contributed by atoms with van der Waals surface area (Å²) in [6.45, 7) is 3.92. The lowest BCUT2D eigenvalue weighted by Crippen LogP contribution is -2.38. The van der Waals surface area contributed by atoms with Crippen LogP contribution in [0.25, 0.3) is 0 Å². The van der Waals surface area contributed by atoms with Gasteiger partial charge in [0.25, 0.3) is 0 Å². The second-order valence-corrected chi connectivity index (χ2v) is 3.22. The van der Waals surface area contributed by atoms with Crippen LogP contribution in [-0.4, -0.2) is 45.1 Å². The molecular weight excluding hydrogens is 194 g/mol. The molecule has 0 saturated carbocycles. The molecule has 15 heavy (non-hydrogen) atoms. The van der Waals surface area contributed by atoms with Crippen molar-refractivity contribution in [1.29, 1.82) is 0 Å². The third-order valence-electron chi connectivity index (χ3n) is 2.30. The fraction of sp³-hybridized carbons (Fsp3) is 0.636. The number of ether oxygens (including phenoxy) is 3. The molecule has 0 saturated heterocycles. The predicted molar refractivity (Wildman–Crippen MR) is 58.2 cm³/mol. The number of hydrogen-bond acceptors (Lipinski definition) is 4. The molecule has 4 heteroatoms. The van der Waals surface area contributed by atoms with Crippen molar-refractivity contribution in [1.82, 2.24) is 4.90 Å². The van der Waals surface area contributed by atoms with Gasteiger partial charge in [0.15, 0.2) is 5.88 Å². The molecule has 1 aliphatic heterocycles. The summed E-state index contributed by atoms with van der Waals surface area (Å²) in [5.41, 5.74) is 0. The normalized spacial score (nSPS) is 20.3. The van der Waals surface area contributed by atoms with Crippen LogP contribution in [-0.2, 0) is 14.2 Å². The van der Waals surface area contributed by atoms with Crippen LogP contribution >= 0.6 is 0 Å². The summed E-state index contributed by atoms with van der Waals surface area (Å²) in [5.74, 6) is 0.881. The van der Waals surface area contributed by atoms with Gasteiger partial charge < -0.3 is 19.1 Å². The number of allylic oxidation sites excluding steroid dienone is 2. The van der Waals surface area contributed by atoms with Crippen molar-refractivity contribution in [2.45, 2.75) is 13.0 Å². The van der Waals surface area contributed by atoms with E-state index in [1.165, 1.54) is 0 Å². The van der Waals surface area contributed by atoms with E-state index in [1.807, 2.05) is 12.2 Å². The van der Waals surface area contributed by atoms with E-state index in [4.69, 9.17) is 14.2 Å². The molecule has 0 aromatic heterocycles. The third kappa shape index (κ3) is 3.25. The van der Waals surface area contributed by atoms with Crippen molar-refractivity contribution < 1.29 is 14.2 Å². The first-order valence-electron chi connectivity index (χ1n) is 5.09. The highest BCUT2D eigenvalue weighted by Crippen LogP contribution is 2.16. The monoisotopic (exact) mass is 213 g/mol. The van der Waals surface area contributed by atoms with Gasteiger partial charge in [0.2, 0.25) is 0 Å². The van der Waals surface area contributed by atoms with Crippen LogP contribution in [0.3, 0.4) is 0 Å². The second kappa shape index (κ2) is 6.48. The van der Waals surface area contributed by atoms with Gasteiger partial charge in [0, 0.05) is 13.7 Å². The molecular formula is C11H19NO3. The molecule has 1 aliphatic rings. The molecule has 0 bridgehead atoms. The zero-order chi connectivity index (χ0) is 11.1. The highest BCUT2D eigenvalue weighted by Gasteiger charge is 2.19. The molecule has 0 aromatic carbocycles. The number of methoxy groups -OCH3 is 2. The molecule has 4 nitrogen and oxygen atoms in total. The first-order chi connectivity index (χ1) is 7.33. The zero-order valence-electron chi connectivity index (χ0n) is 9.60. The number of likely N-dealkylation sites (N-methyl/N-ethyl adjacent to an activating group) is 1. The Hall–Kier alpha value is -1.00. The molecule has 0 aliphatic carbocycles. The summed E-state index contributed by atoms with van der Waals surface area (Å²) in [6, 6.07) is 0.227. The highest BCUT2D eigenvalue weighted by atomic mass is 16.7. The summed E-state index contributed by atoms with van der Waals surface area (Å²) in [4.78, 5) is 2.15. The maximum atomic E-state index is 5.35. The lowest BCUT2D eigenvalue weighted by molar-refractivity contribution is -0.0470. The molecule has 0 N–H and O–H groups in total. The van der Waals surface area contributed by atoms with Crippen molar-refractivity contribution in [3.05, 3.63) is 24.1 Å².